The minimum atomic E-state index is 0.267. The summed E-state index contributed by atoms with van der Waals surface area (Å²) in [6.07, 6.45) is 7.59. The minimum Gasteiger partial charge on any atom is -0.310 e. The highest BCUT2D eigenvalue weighted by molar-refractivity contribution is 5.24. The molecule has 0 radical (unpaired) electrons. The Labute approximate surface area is 73.0 Å². The van der Waals surface area contributed by atoms with Crippen LogP contribution in [0.3, 0.4) is 0 Å². The van der Waals surface area contributed by atoms with Crippen molar-refractivity contribution in [3.63, 3.8) is 0 Å². The zero-order valence-corrected chi connectivity index (χ0v) is 7.38. The molecule has 2 heteroatoms. The highest BCUT2D eigenvalue weighted by atomic mass is 15.0. The van der Waals surface area contributed by atoms with Crippen molar-refractivity contribution in [2.75, 3.05) is 7.05 Å². The summed E-state index contributed by atoms with van der Waals surface area (Å²) in [5, 5.41) is 3.40. The van der Waals surface area contributed by atoms with E-state index in [1.807, 2.05) is 19.4 Å². The second-order valence-corrected chi connectivity index (χ2v) is 3.42. The van der Waals surface area contributed by atoms with E-state index in [1.54, 1.807) is 0 Å². The van der Waals surface area contributed by atoms with Crippen LogP contribution in [-0.4, -0.2) is 12.0 Å². The molecule has 0 aromatic carbocycles. The van der Waals surface area contributed by atoms with Gasteiger partial charge >= 0.3 is 0 Å². The molecule has 1 fully saturated rings. The molecule has 0 amide bonds. The van der Waals surface area contributed by atoms with Crippen molar-refractivity contribution in [3.8, 4) is 0 Å². The lowest BCUT2D eigenvalue weighted by Crippen LogP contribution is -2.45. The number of pyridine rings is 1. The van der Waals surface area contributed by atoms with Crippen LogP contribution < -0.4 is 5.32 Å². The summed E-state index contributed by atoms with van der Waals surface area (Å²) < 4.78 is 0. The molecule has 64 valence electrons. The number of rotatable bonds is 2. The van der Waals surface area contributed by atoms with Gasteiger partial charge in [-0.2, -0.15) is 0 Å². The topological polar surface area (TPSA) is 24.9 Å². The summed E-state index contributed by atoms with van der Waals surface area (Å²) in [6, 6.07) is 4.21. The summed E-state index contributed by atoms with van der Waals surface area (Å²) in [5.74, 6) is 0. The molecule has 2 rings (SSSR count). The van der Waals surface area contributed by atoms with Crippen LogP contribution in [0.2, 0.25) is 0 Å². The van der Waals surface area contributed by atoms with Gasteiger partial charge in [-0.1, -0.05) is 0 Å². The molecule has 1 aliphatic carbocycles. The van der Waals surface area contributed by atoms with Crippen LogP contribution in [0.4, 0.5) is 0 Å². The summed E-state index contributed by atoms with van der Waals surface area (Å²) in [7, 11) is 2.04. The van der Waals surface area contributed by atoms with Gasteiger partial charge in [0.05, 0.1) is 0 Å². The second-order valence-electron chi connectivity index (χ2n) is 3.42. The molecule has 1 aromatic heterocycles. The third kappa shape index (κ3) is 1.03. The fraction of sp³-hybridized carbons (Fsp3) is 0.500. The predicted octanol–water partition coefficient (Wildman–Crippen LogP) is 1.68. The van der Waals surface area contributed by atoms with Crippen molar-refractivity contribution in [1.82, 2.24) is 10.3 Å². The van der Waals surface area contributed by atoms with Crippen LogP contribution in [0.15, 0.2) is 24.5 Å². The first kappa shape index (κ1) is 7.74. The third-order valence-corrected chi connectivity index (χ3v) is 2.92. The Bertz CT molecular complexity index is 246. The van der Waals surface area contributed by atoms with Crippen molar-refractivity contribution < 1.29 is 0 Å². The van der Waals surface area contributed by atoms with Gasteiger partial charge in [-0.15, -0.1) is 0 Å². The third-order valence-electron chi connectivity index (χ3n) is 2.92. The van der Waals surface area contributed by atoms with Crippen LogP contribution in [0.25, 0.3) is 0 Å². The first-order valence-electron chi connectivity index (χ1n) is 4.47. The Balaban J connectivity index is 2.28. The van der Waals surface area contributed by atoms with Gasteiger partial charge in [0.15, 0.2) is 0 Å². The zero-order chi connectivity index (χ0) is 8.44. The van der Waals surface area contributed by atoms with Gasteiger partial charge in [0, 0.05) is 17.9 Å². The van der Waals surface area contributed by atoms with E-state index in [0.29, 0.717) is 0 Å². The van der Waals surface area contributed by atoms with Crippen molar-refractivity contribution in [2.24, 2.45) is 0 Å². The van der Waals surface area contributed by atoms with E-state index in [4.69, 9.17) is 0 Å². The molecular weight excluding hydrogens is 148 g/mol. The Hall–Kier alpha value is -0.890. The van der Waals surface area contributed by atoms with Crippen LogP contribution in [0, 0.1) is 0 Å². The molecule has 2 nitrogen and oxygen atoms in total. The molecular formula is C10H14N2. The van der Waals surface area contributed by atoms with E-state index < -0.39 is 0 Å². The highest BCUT2D eigenvalue weighted by Gasteiger charge is 2.36. The van der Waals surface area contributed by atoms with Crippen LogP contribution in [0.5, 0.6) is 0 Å². The smallest absolute Gasteiger partial charge is 0.0433 e. The summed E-state index contributed by atoms with van der Waals surface area (Å²) in [5.41, 5.74) is 1.65. The van der Waals surface area contributed by atoms with E-state index in [2.05, 4.69) is 22.4 Å². The van der Waals surface area contributed by atoms with E-state index in [-0.39, 0.29) is 5.54 Å². The molecule has 0 atom stereocenters. The van der Waals surface area contributed by atoms with E-state index in [1.165, 1.54) is 24.8 Å². The largest absolute Gasteiger partial charge is 0.310 e. The van der Waals surface area contributed by atoms with Crippen molar-refractivity contribution in [1.29, 1.82) is 0 Å². The maximum absolute atomic E-state index is 4.02. The lowest BCUT2D eigenvalue weighted by molar-refractivity contribution is 0.201. The fourth-order valence-electron chi connectivity index (χ4n) is 1.88. The Kier molecular flexibility index (Phi) is 1.85. The first-order chi connectivity index (χ1) is 5.87. The number of hydrogen-bond acceptors (Lipinski definition) is 2. The van der Waals surface area contributed by atoms with Gasteiger partial charge < -0.3 is 5.32 Å². The molecule has 1 saturated carbocycles. The maximum atomic E-state index is 4.02. The minimum absolute atomic E-state index is 0.267. The van der Waals surface area contributed by atoms with Gasteiger partial charge in [-0.25, -0.2) is 0 Å². The predicted molar refractivity (Wildman–Crippen MR) is 48.8 cm³/mol. The number of hydrogen-bond donors (Lipinski definition) is 1. The van der Waals surface area contributed by atoms with Crippen molar-refractivity contribution in [2.45, 2.75) is 24.8 Å². The second kappa shape index (κ2) is 2.87. The summed E-state index contributed by atoms with van der Waals surface area (Å²) in [4.78, 5) is 4.02. The molecule has 0 unspecified atom stereocenters. The first-order valence-corrected chi connectivity index (χ1v) is 4.47. The average molecular weight is 162 g/mol. The van der Waals surface area contributed by atoms with Crippen LogP contribution in [0.1, 0.15) is 24.8 Å². The SMILES string of the molecule is CNC1(c2ccncc2)CCC1. The van der Waals surface area contributed by atoms with Gasteiger partial charge in [0.25, 0.3) is 0 Å². The van der Waals surface area contributed by atoms with E-state index in [0.717, 1.165) is 0 Å². The zero-order valence-electron chi connectivity index (χ0n) is 7.38. The summed E-state index contributed by atoms with van der Waals surface area (Å²) in [6.45, 7) is 0. The van der Waals surface area contributed by atoms with Gasteiger partial charge in [-0.05, 0) is 44.0 Å². The molecule has 0 saturated heterocycles. The highest BCUT2D eigenvalue weighted by Crippen LogP contribution is 2.40. The molecule has 1 aliphatic rings. The van der Waals surface area contributed by atoms with E-state index in [9.17, 15) is 0 Å². The molecule has 1 heterocycles. The number of nitrogens with zero attached hydrogens (tertiary/aromatic N) is 1. The Morgan fingerprint density at radius 2 is 2.00 bits per heavy atom. The lowest BCUT2D eigenvalue weighted by atomic mass is 9.72. The fourth-order valence-corrected chi connectivity index (χ4v) is 1.88. The van der Waals surface area contributed by atoms with Gasteiger partial charge in [-0.3, -0.25) is 4.98 Å². The number of aromatic nitrogens is 1. The maximum Gasteiger partial charge on any atom is 0.0433 e. The van der Waals surface area contributed by atoms with Crippen LogP contribution in [-0.2, 0) is 5.54 Å². The molecule has 1 aromatic rings. The van der Waals surface area contributed by atoms with Crippen molar-refractivity contribution >= 4 is 0 Å². The Morgan fingerprint density at radius 3 is 2.42 bits per heavy atom. The standard InChI is InChI=1S/C10H14N2/c1-11-10(5-2-6-10)9-3-7-12-8-4-9/h3-4,7-8,11H,2,5-6H2,1H3. The molecule has 12 heavy (non-hydrogen) atoms. The molecule has 0 spiro atoms. The molecule has 0 aliphatic heterocycles. The lowest BCUT2D eigenvalue weighted by Gasteiger charge is -2.42. The van der Waals surface area contributed by atoms with Crippen molar-refractivity contribution in [3.05, 3.63) is 30.1 Å². The Morgan fingerprint density at radius 1 is 1.33 bits per heavy atom. The quantitative estimate of drug-likeness (QED) is 0.715. The normalized spacial score (nSPS) is 20.1. The monoisotopic (exact) mass is 162 g/mol. The van der Waals surface area contributed by atoms with Crippen LogP contribution >= 0.6 is 0 Å². The molecule has 1 N–H and O–H groups in total. The van der Waals surface area contributed by atoms with Gasteiger partial charge in [0.1, 0.15) is 0 Å². The number of nitrogens with one attached hydrogen (secondary N) is 1. The summed E-state index contributed by atoms with van der Waals surface area (Å²) >= 11 is 0. The molecule has 0 bridgehead atoms. The average Bonchev–Trinajstić information content (AvgIpc) is 2.05. The van der Waals surface area contributed by atoms with Gasteiger partial charge in [0.2, 0.25) is 0 Å². The van der Waals surface area contributed by atoms with E-state index >= 15 is 0 Å².